The third-order valence-electron chi connectivity index (χ3n) is 4.16. The summed E-state index contributed by atoms with van der Waals surface area (Å²) in [6.45, 7) is -2.32. The van der Waals surface area contributed by atoms with Gasteiger partial charge in [-0.25, -0.2) is 0 Å². The predicted molar refractivity (Wildman–Crippen MR) is 106 cm³/mol. The summed E-state index contributed by atoms with van der Waals surface area (Å²) >= 11 is 0. The van der Waals surface area contributed by atoms with Crippen molar-refractivity contribution < 1.29 is 27.5 Å². The SMILES string of the molecule is COc1cc(/C=C/C(=O)N(Cc2cccnc2)Cc2ccco2)ccc1OC(F)F. The zero-order valence-corrected chi connectivity index (χ0v) is 16.2. The summed E-state index contributed by atoms with van der Waals surface area (Å²) in [4.78, 5) is 18.5. The van der Waals surface area contributed by atoms with Gasteiger partial charge in [-0.1, -0.05) is 12.1 Å². The molecule has 0 bridgehead atoms. The van der Waals surface area contributed by atoms with E-state index in [0.29, 0.717) is 17.9 Å². The normalized spacial score (nSPS) is 11.1. The number of furan rings is 1. The molecule has 0 aliphatic carbocycles. The monoisotopic (exact) mass is 414 g/mol. The molecule has 30 heavy (non-hydrogen) atoms. The highest BCUT2D eigenvalue weighted by Crippen LogP contribution is 2.29. The minimum Gasteiger partial charge on any atom is -0.493 e. The molecule has 0 saturated heterocycles. The van der Waals surface area contributed by atoms with Crippen LogP contribution in [0.5, 0.6) is 11.5 Å². The molecule has 0 radical (unpaired) electrons. The zero-order valence-electron chi connectivity index (χ0n) is 16.2. The summed E-state index contributed by atoms with van der Waals surface area (Å²) in [7, 11) is 1.35. The summed E-state index contributed by atoms with van der Waals surface area (Å²) < 4.78 is 39.8. The lowest BCUT2D eigenvalue weighted by Crippen LogP contribution is -2.28. The van der Waals surface area contributed by atoms with Gasteiger partial charge in [0, 0.05) is 25.0 Å². The fourth-order valence-corrected chi connectivity index (χ4v) is 2.77. The molecule has 0 fully saturated rings. The van der Waals surface area contributed by atoms with Crippen molar-refractivity contribution in [1.82, 2.24) is 9.88 Å². The standard InChI is InChI=1S/C22H20F2N2O4/c1-28-20-12-16(6-8-19(20)30-22(23)24)7-9-21(27)26(15-18-5-3-11-29-18)14-17-4-2-10-25-13-17/h2-13,22H,14-15H2,1H3/b9-7+. The van der Waals surface area contributed by atoms with Crippen LogP contribution in [-0.2, 0) is 17.9 Å². The average molecular weight is 414 g/mol. The van der Waals surface area contributed by atoms with Crippen LogP contribution in [-0.4, -0.2) is 29.5 Å². The number of rotatable bonds is 9. The number of pyridine rings is 1. The summed E-state index contributed by atoms with van der Waals surface area (Å²) in [5.74, 6) is 0.470. The Morgan fingerprint density at radius 3 is 2.73 bits per heavy atom. The van der Waals surface area contributed by atoms with E-state index < -0.39 is 6.61 Å². The third-order valence-corrected chi connectivity index (χ3v) is 4.16. The van der Waals surface area contributed by atoms with Crippen molar-refractivity contribution in [2.24, 2.45) is 0 Å². The second-order valence-electron chi connectivity index (χ2n) is 6.26. The van der Waals surface area contributed by atoms with Gasteiger partial charge in [-0.2, -0.15) is 8.78 Å². The Bertz CT molecular complexity index is 976. The zero-order chi connectivity index (χ0) is 21.3. The molecule has 0 atom stereocenters. The lowest BCUT2D eigenvalue weighted by Gasteiger charge is -2.20. The van der Waals surface area contributed by atoms with Gasteiger partial charge in [0.25, 0.3) is 0 Å². The van der Waals surface area contributed by atoms with Gasteiger partial charge in [-0.05, 0) is 47.5 Å². The van der Waals surface area contributed by atoms with Crippen molar-refractivity contribution in [2.45, 2.75) is 19.7 Å². The highest BCUT2D eigenvalue weighted by molar-refractivity contribution is 5.91. The van der Waals surface area contributed by atoms with Crippen molar-refractivity contribution in [2.75, 3.05) is 7.11 Å². The van der Waals surface area contributed by atoms with Gasteiger partial charge in [-0.3, -0.25) is 9.78 Å². The Morgan fingerprint density at radius 2 is 2.07 bits per heavy atom. The molecule has 0 aliphatic rings. The number of halogens is 2. The van der Waals surface area contributed by atoms with Crippen LogP contribution in [0.3, 0.4) is 0 Å². The van der Waals surface area contributed by atoms with Gasteiger partial charge in [0.15, 0.2) is 11.5 Å². The maximum Gasteiger partial charge on any atom is 0.387 e. The van der Waals surface area contributed by atoms with Gasteiger partial charge in [-0.15, -0.1) is 0 Å². The van der Waals surface area contributed by atoms with Crippen LogP contribution in [0.25, 0.3) is 6.08 Å². The molecule has 3 aromatic rings. The smallest absolute Gasteiger partial charge is 0.387 e. The van der Waals surface area contributed by atoms with Crippen LogP contribution in [0.4, 0.5) is 8.78 Å². The first-order valence-electron chi connectivity index (χ1n) is 9.06. The van der Waals surface area contributed by atoms with Crippen LogP contribution in [0.15, 0.2) is 71.6 Å². The number of carbonyl (C=O) groups is 1. The first kappa shape index (κ1) is 21.0. The molecule has 3 rings (SSSR count). The lowest BCUT2D eigenvalue weighted by atomic mass is 10.1. The molecule has 2 aromatic heterocycles. The molecule has 0 saturated carbocycles. The molecule has 0 unspecified atom stereocenters. The van der Waals surface area contributed by atoms with E-state index >= 15 is 0 Å². The van der Waals surface area contributed by atoms with Gasteiger partial charge in [0.1, 0.15) is 5.76 Å². The molecular formula is C22H20F2N2O4. The number of ether oxygens (including phenoxy) is 2. The second-order valence-corrected chi connectivity index (χ2v) is 6.26. The Labute approximate surface area is 172 Å². The van der Waals surface area contributed by atoms with E-state index in [9.17, 15) is 13.6 Å². The summed E-state index contributed by atoms with van der Waals surface area (Å²) in [6, 6.07) is 11.7. The number of alkyl halides is 2. The first-order valence-corrected chi connectivity index (χ1v) is 9.06. The van der Waals surface area contributed by atoms with Crippen molar-refractivity contribution in [3.8, 4) is 11.5 Å². The number of benzene rings is 1. The highest BCUT2D eigenvalue weighted by Gasteiger charge is 2.14. The second kappa shape index (κ2) is 10.2. The number of amides is 1. The summed E-state index contributed by atoms with van der Waals surface area (Å²) in [5.41, 5.74) is 1.47. The van der Waals surface area contributed by atoms with E-state index in [0.717, 1.165) is 5.56 Å². The molecule has 1 aromatic carbocycles. The summed E-state index contributed by atoms with van der Waals surface area (Å²) in [6.07, 6.45) is 7.89. The van der Waals surface area contributed by atoms with Gasteiger partial charge in [0.2, 0.25) is 5.91 Å². The Hall–Kier alpha value is -3.68. The molecular weight excluding hydrogens is 394 g/mol. The number of carbonyl (C=O) groups excluding carboxylic acids is 1. The first-order chi connectivity index (χ1) is 14.5. The van der Waals surface area contributed by atoms with Crippen molar-refractivity contribution in [3.05, 3.63) is 84.1 Å². The fraction of sp³-hybridized carbons (Fsp3) is 0.182. The number of hydrogen-bond donors (Lipinski definition) is 0. The molecule has 0 N–H and O–H groups in total. The Morgan fingerprint density at radius 1 is 1.20 bits per heavy atom. The van der Waals surface area contributed by atoms with Crippen LogP contribution in [0, 0.1) is 0 Å². The maximum absolute atomic E-state index is 12.8. The minimum atomic E-state index is -2.95. The van der Waals surface area contributed by atoms with E-state index in [2.05, 4.69) is 9.72 Å². The quantitative estimate of drug-likeness (QED) is 0.482. The third kappa shape index (κ3) is 5.91. The van der Waals surface area contributed by atoms with E-state index in [1.54, 1.807) is 53.9 Å². The minimum absolute atomic E-state index is 0.0769. The maximum atomic E-state index is 12.8. The van der Waals surface area contributed by atoms with Gasteiger partial charge >= 0.3 is 6.61 Å². The molecule has 6 nitrogen and oxygen atoms in total. The Balaban J connectivity index is 1.76. The number of nitrogens with zero attached hydrogens (tertiary/aromatic N) is 2. The molecule has 2 heterocycles. The molecule has 1 amide bonds. The van der Waals surface area contributed by atoms with E-state index in [4.69, 9.17) is 9.15 Å². The molecule has 8 heteroatoms. The topological polar surface area (TPSA) is 64.8 Å². The lowest BCUT2D eigenvalue weighted by molar-refractivity contribution is -0.127. The van der Waals surface area contributed by atoms with Crippen molar-refractivity contribution in [3.63, 3.8) is 0 Å². The molecule has 0 spiro atoms. The van der Waals surface area contributed by atoms with Gasteiger partial charge < -0.3 is 18.8 Å². The fourth-order valence-electron chi connectivity index (χ4n) is 2.77. The number of hydrogen-bond acceptors (Lipinski definition) is 5. The van der Waals surface area contributed by atoms with Crippen LogP contribution in [0.1, 0.15) is 16.9 Å². The van der Waals surface area contributed by atoms with Gasteiger partial charge in [0.05, 0.1) is 19.9 Å². The van der Waals surface area contributed by atoms with E-state index in [1.807, 2.05) is 6.07 Å². The Kier molecular flexibility index (Phi) is 7.15. The van der Waals surface area contributed by atoms with E-state index in [-0.39, 0.29) is 24.0 Å². The van der Waals surface area contributed by atoms with Crippen LogP contribution < -0.4 is 9.47 Å². The summed E-state index contributed by atoms with van der Waals surface area (Å²) in [5, 5.41) is 0. The van der Waals surface area contributed by atoms with Crippen molar-refractivity contribution >= 4 is 12.0 Å². The number of aromatic nitrogens is 1. The number of methoxy groups -OCH3 is 1. The molecule has 0 aliphatic heterocycles. The highest BCUT2D eigenvalue weighted by atomic mass is 19.3. The molecule has 156 valence electrons. The average Bonchev–Trinajstić information content (AvgIpc) is 3.26. The largest absolute Gasteiger partial charge is 0.493 e. The van der Waals surface area contributed by atoms with E-state index in [1.165, 1.54) is 25.3 Å². The predicted octanol–water partition coefficient (Wildman–Crippen LogP) is 4.53. The van der Waals surface area contributed by atoms with Crippen LogP contribution in [0.2, 0.25) is 0 Å². The van der Waals surface area contributed by atoms with Crippen LogP contribution >= 0.6 is 0 Å². The van der Waals surface area contributed by atoms with Crippen molar-refractivity contribution in [1.29, 1.82) is 0 Å².